The van der Waals surface area contributed by atoms with Gasteiger partial charge < -0.3 is 9.63 Å². The van der Waals surface area contributed by atoms with Crippen LogP contribution in [0.3, 0.4) is 0 Å². The number of hydrogen-bond donors (Lipinski definition) is 1. The highest BCUT2D eigenvalue weighted by atomic mass is 79.9. The van der Waals surface area contributed by atoms with Gasteiger partial charge in [0.2, 0.25) is 0 Å². The van der Waals surface area contributed by atoms with Gasteiger partial charge in [0.05, 0.1) is 19.8 Å². The van der Waals surface area contributed by atoms with E-state index in [2.05, 4.69) is 27.4 Å². The molecule has 0 aromatic carbocycles. The van der Waals surface area contributed by atoms with E-state index in [9.17, 15) is 14.3 Å². The highest BCUT2D eigenvalue weighted by molar-refractivity contribution is 9.09. The summed E-state index contributed by atoms with van der Waals surface area (Å²) in [4.78, 5) is 21.0. The second kappa shape index (κ2) is 21.3. The summed E-state index contributed by atoms with van der Waals surface area (Å²) < 4.78 is 26.0. The molecule has 6 nitrogen and oxygen atoms in total. The van der Waals surface area contributed by atoms with Crippen molar-refractivity contribution in [1.82, 2.24) is 0 Å². The van der Waals surface area contributed by atoms with Crippen LogP contribution in [0, 0.1) is 0 Å². The number of carbonyl (C=O) groups is 1. The van der Waals surface area contributed by atoms with E-state index in [1.807, 2.05) is 0 Å². The molecule has 0 aliphatic rings. The first-order chi connectivity index (χ1) is 14.0. The van der Waals surface area contributed by atoms with Crippen LogP contribution in [0.5, 0.6) is 0 Å². The fraction of sp³-hybridized carbons (Fsp3) is 0.952. The average molecular weight is 501 g/mol. The van der Waals surface area contributed by atoms with Crippen molar-refractivity contribution in [3.8, 4) is 0 Å². The van der Waals surface area contributed by atoms with Gasteiger partial charge >= 0.3 is 13.8 Å². The van der Waals surface area contributed by atoms with E-state index >= 15 is 0 Å². The molecule has 1 atom stereocenters. The van der Waals surface area contributed by atoms with Gasteiger partial charge in [-0.15, -0.1) is 0 Å². The van der Waals surface area contributed by atoms with Crippen LogP contribution in [-0.2, 0) is 23.1 Å². The number of carbonyl (C=O) groups excluding carboxylic acids is 1. The zero-order valence-corrected chi connectivity index (χ0v) is 20.7. The molecule has 0 aromatic heterocycles. The lowest BCUT2D eigenvalue weighted by molar-refractivity contribution is -0.144. The summed E-state index contributed by atoms with van der Waals surface area (Å²) in [7, 11) is -3.99. The lowest BCUT2D eigenvalue weighted by atomic mass is 10.0. The summed E-state index contributed by atoms with van der Waals surface area (Å²) in [5.74, 6) is -0.212. The van der Waals surface area contributed by atoms with Gasteiger partial charge in [0.15, 0.2) is 0 Å². The zero-order chi connectivity index (χ0) is 21.6. The monoisotopic (exact) mass is 500 g/mol. The molecule has 174 valence electrons. The van der Waals surface area contributed by atoms with Crippen LogP contribution in [0.25, 0.3) is 0 Å². The molecule has 1 unspecified atom stereocenters. The molecule has 0 amide bonds. The quantitative estimate of drug-likeness (QED) is 0.0750. The standard InChI is InChI=1S/C21H42BrO6P/c1-2-3-4-5-6-7-8-9-10-11-12-13-14-16-21(23)26-18-15-19-27-29(24,25)28-20-17-22/h2-20H2,1H3,(H,24,25). The van der Waals surface area contributed by atoms with Crippen molar-refractivity contribution < 1.29 is 28.0 Å². The Morgan fingerprint density at radius 3 is 1.76 bits per heavy atom. The van der Waals surface area contributed by atoms with E-state index in [1.54, 1.807) is 0 Å². The molecule has 0 fully saturated rings. The molecular formula is C21H42BrO6P. The molecule has 8 heteroatoms. The fourth-order valence-corrected chi connectivity index (χ4v) is 4.14. The minimum atomic E-state index is -3.99. The van der Waals surface area contributed by atoms with E-state index in [0.717, 1.165) is 12.8 Å². The molecule has 0 bridgehead atoms. The summed E-state index contributed by atoms with van der Waals surface area (Å²) >= 11 is 3.10. The van der Waals surface area contributed by atoms with Crippen molar-refractivity contribution in [2.75, 3.05) is 25.2 Å². The smallest absolute Gasteiger partial charge is 0.466 e. The molecule has 1 N–H and O–H groups in total. The summed E-state index contributed by atoms with van der Waals surface area (Å²) in [6.07, 6.45) is 17.4. The van der Waals surface area contributed by atoms with Gasteiger partial charge in [-0.3, -0.25) is 13.8 Å². The summed E-state index contributed by atoms with van der Waals surface area (Å²) in [5.41, 5.74) is 0. The van der Waals surface area contributed by atoms with Gasteiger partial charge in [0.25, 0.3) is 0 Å². The third kappa shape index (κ3) is 22.6. The Hall–Kier alpha value is 0.0600. The van der Waals surface area contributed by atoms with E-state index < -0.39 is 7.82 Å². The zero-order valence-electron chi connectivity index (χ0n) is 18.2. The Balaban J connectivity index is 3.31. The predicted molar refractivity (Wildman–Crippen MR) is 121 cm³/mol. The van der Waals surface area contributed by atoms with Crippen molar-refractivity contribution in [3.05, 3.63) is 0 Å². The Kier molecular flexibility index (Phi) is 21.3. The SMILES string of the molecule is CCCCCCCCCCCCCCCC(=O)OCCCOP(=O)(O)OCCBr. The van der Waals surface area contributed by atoms with Gasteiger partial charge in [-0.25, -0.2) is 4.57 Å². The number of phosphoric ester groups is 1. The van der Waals surface area contributed by atoms with Gasteiger partial charge in [-0.2, -0.15) is 0 Å². The fourth-order valence-electron chi connectivity index (χ4n) is 2.97. The maximum absolute atomic E-state index is 11.6. The van der Waals surface area contributed by atoms with Crippen LogP contribution >= 0.6 is 23.8 Å². The number of esters is 1. The summed E-state index contributed by atoms with van der Waals surface area (Å²) in [6.45, 7) is 2.56. The molecule has 0 saturated heterocycles. The van der Waals surface area contributed by atoms with Gasteiger partial charge in [-0.1, -0.05) is 99.9 Å². The molecular weight excluding hydrogens is 459 g/mol. The van der Waals surface area contributed by atoms with Crippen LogP contribution < -0.4 is 0 Å². The van der Waals surface area contributed by atoms with Crippen molar-refractivity contribution in [2.24, 2.45) is 0 Å². The Morgan fingerprint density at radius 2 is 1.24 bits per heavy atom. The molecule has 0 aliphatic carbocycles. The second-order valence-electron chi connectivity index (χ2n) is 7.39. The van der Waals surface area contributed by atoms with E-state index in [-0.39, 0.29) is 25.8 Å². The van der Waals surface area contributed by atoms with Crippen LogP contribution in [0.4, 0.5) is 0 Å². The number of alkyl halides is 1. The topological polar surface area (TPSA) is 82.1 Å². The molecule has 0 aliphatic heterocycles. The van der Waals surface area contributed by atoms with Crippen LogP contribution in [0.2, 0.25) is 0 Å². The molecule has 29 heavy (non-hydrogen) atoms. The van der Waals surface area contributed by atoms with E-state index in [1.165, 1.54) is 70.6 Å². The molecule has 0 spiro atoms. The third-order valence-corrected chi connectivity index (χ3v) is 5.96. The van der Waals surface area contributed by atoms with E-state index in [4.69, 9.17) is 9.26 Å². The average Bonchev–Trinajstić information content (AvgIpc) is 2.69. The van der Waals surface area contributed by atoms with Crippen LogP contribution in [0.1, 0.15) is 103 Å². The minimum absolute atomic E-state index is 0.0160. The summed E-state index contributed by atoms with van der Waals surface area (Å²) in [5, 5.41) is 0.456. The first-order valence-corrected chi connectivity index (χ1v) is 14.0. The minimum Gasteiger partial charge on any atom is -0.466 e. The molecule has 0 aromatic rings. The number of hydrogen-bond acceptors (Lipinski definition) is 5. The maximum Gasteiger partial charge on any atom is 0.472 e. The highest BCUT2D eigenvalue weighted by Gasteiger charge is 2.19. The maximum atomic E-state index is 11.6. The highest BCUT2D eigenvalue weighted by Crippen LogP contribution is 2.43. The first kappa shape index (κ1) is 29.1. The predicted octanol–water partition coefficient (Wildman–Crippen LogP) is 6.93. The van der Waals surface area contributed by atoms with Crippen molar-refractivity contribution in [2.45, 2.75) is 103 Å². The number of ether oxygens (including phenoxy) is 1. The van der Waals surface area contributed by atoms with Crippen LogP contribution in [-0.4, -0.2) is 36.0 Å². The third-order valence-electron chi connectivity index (χ3n) is 4.62. The van der Waals surface area contributed by atoms with Gasteiger partial charge in [0.1, 0.15) is 0 Å². The Morgan fingerprint density at radius 1 is 0.759 bits per heavy atom. The Labute approximate surface area is 186 Å². The number of halogens is 1. The van der Waals surface area contributed by atoms with Crippen molar-refractivity contribution in [3.63, 3.8) is 0 Å². The number of phosphoric acid groups is 1. The van der Waals surface area contributed by atoms with Crippen molar-refractivity contribution >= 4 is 29.7 Å². The summed E-state index contributed by atoms with van der Waals surface area (Å²) in [6, 6.07) is 0. The second-order valence-corrected chi connectivity index (χ2v) is 9.64. The number of unbranched alkanes of at least 4 members (excludes halogenated alkanes) is 12. The van der Waals surface area contributed by atoms with Gasteiger partial charge in [-0.05, 0) is 6.42 Å². The van der Waals surface area contributed by atoms with E-state index in [0.29, 0.717) is 18.2 Å². The lowest BCUT2D eigenvalue weighted by Gasteiger charge is -2.11. The largest absolute Gasteiger partial charge is 0.472 e. The Bertz CT molecular complexity index is 422. The lowest BCUT2D eigenvalue weighted by Crippen LogP contribution is -2.08. The first-order valence-electron chi connectivity index (χ1n) is 11.3. The number of rotatable bonds is 22. The molecule has 0 radical (unpaired) electrons. The molecule has 0 heterocycles. The molecule has 0 saturated carbocycles. The van der Waals surface area contributed by atoms with Crippen LogP contribution in [0.15, 0.2) is 0 Å². The normalized spacial score (nSPS) is 13.3. The van der Waals surface area contributed by atoms with Crippen molar-refractivity contribution in [1.29, 1.82) is 0 Å². The molecule has 0 rings (SSSR count). The van der Waals surface area contributed by atoms with Gasteiger partial charge in [0, 0.05) is 18.2 Å².